The first-order valence-electron chi connectivity index (χ1n) is 6.95. The molecule has 0 N–H and O–H groups in total. The van der Waals surface area contributed by atoms with Crippen LogP contribution in [0.2, 0.25) is 0 Å². The van der Waals surface area contributed by atoms with Crippen LogP contribution >= 0.6 is 0 Å². The van der Waals surface area contributed by atoms with Crippen molar-refractivity contribution in [2.45, 2.75) is 48.0 Å². The van der Waals surface area contributed by atoms with Gasteiger partial charge in [-0.3, -0.25) is 0 Å². The van der Waals surface area contributed by atoms with Gasteiger partial charge in [-0.05, 0) is 55.4 Å². The van der Waals surface area contributed by atoms with Crippen molar-refractivity contribution in [2.24, 2.45) is 5.92 Å². The van der Waals surface area contributed by atoms with Crippen LogP contribution < -0.4 is 0 Å². The second-order valence-corrected chi connectivity index (χ2v) is 5.24. The average Bonchev–Trinajstić information content (AvgIpc) is 2.31. The lowest BCUT2D eigenvalue weighted by Crippen LogP contribution is -2.00. The fourth-order valence-corrected chi connectivity index (χ4v) is 2.47. The zero-order chi connectivity index (χ0) is 13.7. The van der Waals surface area contributed by atoms with Crippen LogP contribution in [-0.4, -0.2) is 0 Å². The van der Waals surface area contributed by atoms with E-state index in [0.29, 0.717) is 5.92 Å². The Morgan fingerprint density at radius 2 is 1.89 bits per heavy atom. The van der Waals surface area contributed by atoms with E-state index in [-0.39, 0.29) is 0 Å². The highest BCUT2D eigenvalue weighted by molar-refractivity contribution is 5.80. The summed E-state index contributed by atoms with van der Waals surface area (Å²) in [5.41, 5.74) is 6.93. The summed E-state index contributed by atoms with van der Waals surface area (Å²) in [5.74, 6) is 0.567. The van der Waals surface area contributed by atoms with Crippen molar-refractivity contribution in [3.05, 3.63) is 52.6 Å². The SMILES string of the molecule is C/C=C(\C(=C/CC)C(C)C)c1ccc(C)cc1C. The van der Waals surface area contributed by atoms with E-state index in [4.69, 9.17) is 0 Å². The molecular weight excluding hydrogens is 216 g/mol. The molecule has 0 heteroatoms. The Morgan fingerprint density at radius 3 is 2.33 bits per heavy atom. The lowest BCUT2D eigenvalue weighted by Gasteiger charge is -2.18. The summed E-state index contributed by atoms with van der Waals surface area (Å²) < 4.78 is 0. The third-order valence-corrected chi connectivity index (χ3v) is 3.32. The van der Waals surface area contributed by atoms with Gasteiger partial charge >= 0.3 is 0 Å². The molecule has 1 aromatic carbocycles. The Labute approximate surface area is 112 Å². The zero-order valence-corrected chi connectivity index (χ0v) is 12.7. The lowest BCUT2D eigenvalue weighted by molar-refractivity contribution is 0.790. The summed E-state index contributed by atoms with van der Waals surface area (Å²) in [6, 6.07) is 6.73. The molecule has 0 nitrogen and oxygen atoms in total. The van der Waals surface area contributed by atoms with E-state index in [0.717, 1.165) is 6.42 Å². The Bertz CT molecular complexity index is 459. The highest BCUT2D eigenvalue weighted by Gasteiger charge is 2.12. The predicted molar refractivity (Wildman–Crippen MR) is 82.8 cm³/mol. The van der Waals surface area contributed by atoms with Gasteiger partial charge in [-0.15, -0.1) is 0 Å². The molecule has 0 radical (unpaired) electrons. The minimum Gasteiger partial charge on any atom is -0.0807 e. The maximum Gasteiger partial charge on any atom is -0.0155 e. The van der Waals surface area contributed by atoms with Crippen molar-refractivity contribution in [2.75, 3.05) is 0 Å². The second-order valence-electron chi connectivity index (χ2n) is 5.24. The summed E-state index contributed by atoms with van der Waals surface area (Å²) in [4.78, 5) is 0. The van der Waals surface area contributed by atoms with E-state index >= 15 is 0 Å². The molecule has 0 aliphatic carbocycles. The zero-order valence-electron chi connectivity index (χ0n) is 12.7. The lowest BCUT2D eigenvalue weighted by atomic mass is 9.87. The molecule has 0 fully saturated rings. The number of hydrogen-bond donors (Lipinski definition) is 0. The molecule has 0 saturated heterocycles. The van der Waals surface area contributed by atoms with E-state index in [2.05, 4.69) is 71.9 Å². The van der Waals surface area contributed by atoms with Gasteiger partial charge in [0.1, 0.15) is 0 Å². The number of rotatable bonds is 4. The molecule has 0 aliphatic heterocycles. The number of allylic oxidation sites excluding steroid dienone is 4. The van der Waals surface area contributed by atoms with Crippen molar-refractivity contribution < 1.29 is 0 Å². The Morgan fingerprint density at radius 1 is 1.22 bits per heavy atom. The molecule has 0 amide bonds. The Kier molecular flexibility index (Phi) is 5.40. The van der Waals surface area contributed by atoms with Crippen molar-refractivity contribution in [3.63, 3.8) is 0 Å². The largest absolute Gasteiger partial charge is 0.0807 e. The maximum atomic E-state index is 2.36. The molecule has 0 saturated carbocycles. The van der Waals surface area contributed by atoms with Crippen LogP contribution in [0.15, 0.2) is 35.9 Å². The second kappa shape index (κ2) is 6.58. The fraction of sp³-hybridized carbons (Fsp3) is 0.444. The molecule has 1 aromatic rings. The van der Waals surface area contributed by atoms with Crippen LogP contribution in [0.3, 0.4) is 0 Å². The number of aryl methyl sites for hydroxylation is 2. The highest BCUT2D eigenvalue weighted by Crippen LogP contribution is 2.31. The molecule has 0 aliphatic rings. The van der Waals surface area contributed by atoms with Crippen LogP contribution in [0.1, 0.15) is 50.8 Å². The first-order valence-corrected chi connectivity index (χ1v) is 6.95. The molecule has 0 unspecified atom stereocenters. The van der Waals surface area contributed by atoms with Gasteiger partial charge in [0.05, 0.1) is 0 Å². The van der Waals surface area contributed by atoms with E-state index in [9.17, 15) is 0 Å². The Hall–Kier alpha value is -1.30. The van der Waals surface area contributed by atoms with Crippen molar-refractivity contribution in [1.82, 2.24) is 0 Å². The molecule has 0 aromatic heterocycles. The van der Waals surface area contributed by atoms with Gasteiger partial charge in [-0.25, -0.2) is 0 Å². The molecule has 1 rings (SSSR count). The molecule has 0 bridgehead atoms. The fourth-order valence-electron chi connectivity index (χ4n) is 2.47. The summed E-state index contributed by atoms with van der Waals surface area (Å²) in [5, 5.41) is 0. The average molecular weight is 242 g/mol. The minimum absolute atomic E-state index is 0.567. The van der Waals surface area contributed by atoms with Gasteiger partial charge < -0.3 is 0 Å². The van der Waals surface area contributed by atoms with E-state index in [1.807, 2.05) is 0 Å². The molecule has 0 atom stereocenters. The van der Waals surface area contributed by atoms with Gasteiger partial charge in [0.15, 0.2) is 0 Å². The quantitative estimate of drug-likeness (QED) is 0.594. The van der Waals surface area contributed by atoms with Crippen LogP contribution in [0.25, 0.3) is 5.57 Å². The monoisotopic (exact) mass is 242 g/mol. The Balaban J connectivity index is 3.29. The van der Waals surface area contributed by atoms with Gasteiger partial charge in [-0.1, -0.05) is 56.7 Å². The van der Waals surface area contributed by atoms with Gasteiger partial charge in [-0.2, -0.15) is 0 Å². The standard InChI is InChI=1S/C18H26/c1-7-9-17(13(3)4)16(8-2)18-11-10-14(5)12-15(18)6/h8-13H,7H2,1-6H3/b16-8+,17-9-. The maximum absolute atomic E-state index is 2.36. The minimum atomic E-state index is 0.567. The predicted octanol–water partition coefficient (Wildman–Crippen LogP) is 5.70. The molecular formula is C18H26. The summed E-state index contributed by atoms with van der Waals surface area (Å²) in [7, 11) is 0. The van der Waals surface area contributed by atoms with Gasteiger partial charge in [0.2, 0.25) is 0 Å². The molecule has 0 heterocycles. The van der Waals surface area contributed by atoms with E-state index < -0.39 is 0 Å². The van der Waals surface area contributed by atoms with Crippen molar-refractivity contribution in [1.29, 1.82) is 0 Å². The number of benzene rings is 1. The van der Waals surface area contributed by atoms with Gasteiger partial charge in [0.25, 0.3) is 0 Å². The summed E-state index contributed by atoms with van der Waals surface area (Å²) in [6.45, 7) is 13.2. The van der Waals surface area contributed by atoms with Crippen LogP contribution in [0.5, 0.6) is 0 Å². The van der Waals surface area contributed by atoms with E-state index in [1.54, 1.807) is 0 Å². The van der Waals surface area contributed by atoms with Crippen LogP contribution in [0.4, 0.5) is 0 Å². The van der Waals surface area contributed by atoms with Crippen LogP contribution in [0, 0.1) is 19.8 Å². The molecule has 0 spiro atoms. The third kappa shape index (κ3) is 3.35. The normalized spacial score (nSPS) is 13.3. The van der Waals surface area contributed by atoms with E-state index in [1.165, 1.54) is 27.8 Å². The topological polar surface area (TPSA) is 0 Å². The highest BCUT2D eigenvalue weighted by atomic mass is 14.2. The molecule has 98 valence electrons. The van der Waals surface area contributed by atoms with Gasteiger partial charge in [0, 0.05) is 0 Å². The van der Waals surface area contributed by atoms with Crippen LogP contribution in [-0.2, 0) is 0 Å². The van der Waals surface area contributed by atoms with Crippen molar-refractivity contribution >= 4 is 5.57 Å². The third-order valence-electron chi connectivity index (χ3n) is 3.32. The number of hydrogen-bond acceptors (Lipinski definition) is 0. The summed E-state index contributed by atoms with van der Waals surface area (Å²) >= 11 is 0. The first kappa shape index (κ1) is 14.8. The smallest absolute Gasteiger partial charge is 0.0155 e. The first-order chi connectivity index (χ1) is 8.51. The molecule has 18 heavy (non-hydrogen) atoms. The summed E-state index contributed by atoms with van der Waals surface area (Å²) in [6.07, 6.45) is 5.70. The van der Waals surface area contributed by atoms with Crippen molar-refractivity contribution in [3.8, 4) is 0 Å².